The molecule has 0 aliphatic heterocycles. The summed E-state index contributed by atoms with van der Waals surface area (Å²) < 4.78 is 1.74. The normalized spacial score (nSPS) is 10.9. The molecule has 0 saturated carbocycles. The maximum atomic E-state index is 12.0. The predicted octanol–water partition coefficient (Wildman–Crippen LogP) is 3.54. The average molecular weight is 319 g/mol. The van der Waals surface area contributed by atoms with Crippen LogP contribution in [0.5, 0.6) is 5.75 Å². The summed E-state index contributed by atoms with van der Waals surface area (Å²) in [5.74, 6) is -0.268. The van der Waals surface area contributed by atoms with Crippen LogP contribution in [0.2, 0.25) is 0 Å². The van der Waals surface area contributed by atoms with Crippen LogP contribution < -0.4 is 5.32 Å². The third-order valence-electron chi connectivity index (χ3n) is 3.46. The van der Waals surface area contributed by atoms with E-state index in [0.29, 0.717) is 5.69 Å². The fourth-order valence-electron chi connectivity index (χ4n) is 2.24. The van der Waals surface area contributed by atoms with Gasteiger partial charge in [-0.2, -0.15) is 5.10 Å². The number of hydrogen-bond acceptors (Lipinski definition) is 3. The van der Waals surface area contributed by atoms with Crippen LogP contribution in [0.15, 0.2) is 67.0 Å². The monoisotopic (exact) mass is 319 g/mol. The lowest BCUT2D eigenvalue weighted by Gasteiger charge is -2.05. The molecule has 5 heteroatoms. The summed E-state index contributed by atoms with van der Waals surface area (Å²) in [6.07, 6.45) is 6.60. The highest BCUT2D eigenvalue weighted by molar-refractivity contribution is 6.02. The van der Waals surface area contributed by atoms with Crippen molar-refractivity contribution >= 4 is 17.7 Å². The summed E-state index contributed by atoms with van der Waals surface area (Å²) in [7, 11) is 0. The second-order valence-electron chi connectivity index (χ2n) is 5.40. The van der Waals surface area contributed by atoms with Gasteiger partial charge in [0.2, 0.25) is 5.91 Å². The molecule has 3 aromatic rings. The summed E-state index contributed by atoms with van der Waals surface area (Å²) in [4.78, 5) is 12.0. The first-order valence-corrected chi connectivity index (χ1v) is 7.50. The number of aromatic hydroxyl groups is 1. The van der Waals surface area contributed by atoms with Crippen LogP contribution in [0.1, 0.15) is 11.1 Å². The summed E-state index contributed by atoms with van der Waals surface area (Å²) in [6, 6.07) is 14.8. The number of anilines is 1. The zero-order valence-corrected chi connectivity index (χ0v) is 13.2. The lowest BCUT2D eigenvalue weighted by Crippen LogP contribution is -2.07. The van der Waals surface area contributed by atoms with Crippen LogP contribution in [0.25, 0.3) is 11.8 Å². The number of phenols is 1. The van der Waals surface area contributed by atoms with Gasteiger partial charge in [0.15, 0.2) is 0 Å². The van der Waals surface area contributed by atoms with Crippen LogP contribution >= 0.6 is 0 Å². The molecule has 1 aromatic heterocycles. The predicted molar refractivity (Wildman–Crippen MR) is 94.1 cm³/mol. The Morgan fingerprint density at radius 3 is 2.75 bits per heavy atom. The summed E-state index contributed by atoms with van der Waals surface area (Å²) >= 11 is 0. The third kappa shape index (κ3) is 3.70. The van der Waals surface area contributed by atoms with Crippen molar-refractivity contribution in [3.8, 4) is 11.4 Å². The Balaban J connectivity index is 1.67. The maximum Gasteiger partial charge on any atom is 0.248 e. The number of benzene rings is 2. The van der Waals surface area contributed by atoms with Crippen LogP contribution in [0.4, 0.5) is 5.69 Å². The molecule has 3 rings (SSSR count). The third-order valence-corrected chi connectivity index (χ3v) is 3.46. The smallest absolute Gasteiger partial charge is 0.248 e. The molecule has 24 heavy (non-hydrogen) atoms. The van der Waals surface area contributed by atoms with Crippen molar-refractivity contribution in [3.63, 3.8) is 0 Å². The lowest BCUT2D eigenvalue weighted by atomic mass is 10.2. The Hall–Kier alpha value is -3.34. The summed E-state index contributed by atoms with van der Waals surface area (Å²) in [5, 5.41) is 16.7. The summed E-state index contributed by atoms with van der Waals surface area (Å²) in [6.45, 7) is 1.87. The molecule has 0 saturated heterocycles. The first-order valence-electron chi connectivity index (χ1n) is 7.50. The molecule has 0 aliphatic carbocycles. The Bertz CT molecular complexity index is 883. The second kappa shape index (κ2) is 6.83. The number of aromatic nitrogens is 2. The van der Waals surface area contributed by atoms with Crippen molar-refractivity contribution < 1.29 is 9.90 Å². The van der Waals surface area contributed by atoms with Crippen molar-refractivity contribution in [2.45, 2.75) is 6.92 Å². The quantitative estimate of drug-likeness (QED) is 0.571. The molecular formula is C19H17N3O2. The first-order chi connectivity index (χ1) is 11.6. The molecule has 0 fully saturated rings. The molecule has 2 aromatic carbocycles. The van der Waals surface area contributed by atoms with Crippen LogP contribution in [-0.4, -0.2) is 20.8 Å². The van der Waals surface area contributed by atoms with E-state index in [2.05, 4.69) is 10.4 Å². The first kappa shape index (κ1) is 15.6. The molecule has 0 spiro atoms. The number of phenolic OH excluding ortho intramolecular Hbond substituents is 1. The Morgan fingerprint density at radius 1 is 1.21 bits per heavy atom. The van der Waals surface area contributed by atoms with Crippen LogP contribution in [0, 0.1) is 6.92 Å². The molecule has 0 aliphatic rings. The van der Waals surface area contributed by atoms with Gasteiger partial charge in [-0.1, -0.05) is 24.3 Å². The fraction of sp³-hybridized carbons (Fsp3) is 0.0526. The molecule has 0 atom stereocenters. The molecule has 0 bridgehead atoms. The van der Waals surface area contributed by atoms with Gasteiger partial charge in [0, 0.05) is 17.8 Å². The van der Waals surface area contributed by atoms with E-state index in [1.807, 2.05) is 49.5 Å². The minimum absolute atomic E-state index is 0.0497. The highest BCUT2D eigenvalue weighted by atomic mass is 16.3. The average Bonchev–Trinajstić information content (AvgIpc) is 3.05. The van der Waals surface area contributed by atoms with Gasteiger partial charge in [0.05, 0.1) is 17.6 Å². The van der Waals surface area contributed by atoms with Gasteiger partial charge < -0.3 is 10.4 Å². The van der Waals surface area contributed by atoms with E-state index < -0.39 is 0 Å². The highest BCUT2D eigenvalue weighted by Gasteiger charge is 2.04. The molecule has 2 N–H and O–H groups in total. The highest BCUT2D eigenvalue weighted by Crippen LogP contribution is 2.23. The van der Waals surface area contributed by atoms with E-state index in [1.165, 1.54) is 6.08 Å². The van der Waals surface area contributed by atoms with Crippen molar-refractivity contribution in [1.29, 1.82) is 0 Å². The largest absolute Gasteiger partial charge is 0.506 e. The second-order valence-corrected chi connectivity index (χ2v) is 5.40. The number of amides is 1. The minimum Gasteiger partial charge on any atom is -0.506 e. The number of nitrogens with zero attached hydrogens (tertiary/aromatic N) is 2. The maximum absolute atomic E-state index is 12.0. The van der Waals surface area contributed by atoms with Gasteiger partial charge >= 0.3 is 0 Å². The number of carbonyl (C=O) groups is 1. The van der Waals surface area contributed by atoms with E-state index in [1.54, 1.807) is 29.1 Å². The van der Waals surface area contributed by atoms with E-state index in [4.69, 9.17) is 0 Å². The minimum atomic E-state index is -0.318. The van der Waals surface area contributed by atoms with Crippen molar-refractivity contribution in [1.82, 2.24) is 9.78 Å². The molecule has 0 unspecified atom stereocenters. The number of rotatable bonds is 4. The van der Waals surface area contributed by atoms with Gasteiger partial charge in [0.1, 0.15) is 5.75 Å². The Kier molecular flexibility index (Phi) is 4.43. The molecule has 120 valence electrons. The number of nitrogens with one attached hydrogen (secondary N) is 1. The number of carbonyl (C=O) groups excluding carboxylic acids is 1. The topological polar surface area (TPSA) is 67.2 Å². The lowest BCUT2D eigenvalue weighted by molar-refractivity contribution is -0.111. The van der Waals surface area contributed by atoms with E-state index in [9.17, 15) is 9.90 Å². The zero-order valence-electron chi connectivity index (χ0n) is 13.2. The summed E-state index contributed by atoms with van der Waals surface area (Å²) in [5.41, 5.74) is 3.07. The molecule has 5 nitrogen and oxygen atoms in total. The van der Waals surface area contributed by atoms with Crippen LogP contribution in [-0.2, 0) is 4.79 Å². The molecular weight excluding hydrogens is 302 g/mol. The Morgan fingerprint density at radius 2 is 2.00 bits per heavy atom. The SMILES string of the molecule is Cc1ccc(NC(=O)/C=C/c2cnn(-c3ccccc3)c2)c(O)c1. The molecule has 1 amide bonds. The van der Waals surface area contributed by atoms with E-state index in [0.717, 1.165) is 16.8 Å². The van der Waals surface area contributed by atoms with Gasteiger partial charge in [-0.3, -0.25) is 4.79 Å². The number of hydrogen-bond donors (Lipinski definition) is 2. The van der Waals surface area contributed by atoms with Crippen molar-refractivity contribution in [2.75, 3.05) is 5.32 Å². The number of aryl methyl sites for hydroxylation is 1. The van der Waals surface area contributed by atoms with E-state index in [-0.39, 0.29) is 11.7 Å². The van der Waals surface area contributed by atoms with Gasteiger partial charge in [0.25, 0.3) is 0 Å². The zero-order chi connectivity index (χ0) is 16.9. The van der Waals surface area contributed by atoms with Gasteiger partial charge in [-0.25, -0.2) is 4.68 Å². The fourth-order valence-corrected chi connectivity index (χ4v) is 2.24. The molecule has 0 radical (unpaired) electrons. The van der Waals surface area contributed by atoms with Gasteiger partial charge in [-0.15, -0.1) is 0 Å². The van der Waals surface area contributed by atoms with Crippen molar-refractivity contribution in [2.24, 2.45) is 0 Å². The Labute approximate surface area is 139 Å². The number of para-hydroxylation sites is 1. The molecule has 1 heterocycles. The standard InChI is InChI=1S/C19H17N3O2/c1-14-7-9-17(18(23)11-14)21-19(24)10-8-15-12-20-22(13-15)16-5-3-2-4-6-16/h2-13,23H,1H3,(H,21,24)/b10-8+. The van der Waals surface area contributed by atoms with Crippen LogP contribution in [0.3, 0.4) is 0 Å². The van der Waals surface area contributed by atoms with Gasteiger partial charge in [-0.05, 0) is 42.8 Å². The van der Waals surface area contributed by atoms with Crippen molar-refractivity contribution in [3.05, 3.63) is 78.1 Å². The van der Waals surface area contributed by atoms with E-state index >= 15 is 0 Å².